The van der Waals surface area contributed by atoms with Crippen LogP contribution in [0.4, 0.5) is 0 Å². The molecule has 4 rings (SSSR count). The van der Waals surface area contributed by atoms with Gasteiger partial charge < -0.3 is 19.7 Å². The summed E-state index contributed by atoms with van der Waals surface area (Å²) < 4.78 is 11.8. The molecule has 7 heteroatoms. The molecule has 0 amide bonds. The lowest BCUT2D eigenvalue weighted by Gasteiger charge is -2.20. The van der Waals surface area contributed by atoms with Crippen LogP contribution >= 0.6 is 11.3 Å². The molecule has 0 radical (unpaired) electrons. The van der Waals surface area contributed by atoms with Crippen LogP contribution in [0.1, 0.15) is 47.1 Å². The zero-order valence-electron chi connectivity index (χ0n) is 16.7. The highest BCUT2D eigenvalue weighted by Gasteiger charge is 2.38. The van der Waals surface area contributed by atoms with Crippen LogP contribution in [0.15, 0.2) is 47.9 Å². The second kappa shape index (κ2) is 9.73. The number of hydrogen-bond acceptors (Lipinski definition) is 6. The first-order chi connectivity index (χ1) is 14.6. The van der Waals surface area contributed by atoms with Crippen LogP contribution < -0.4 is 4.74 Å². The first-order valence-corrected chi connectivity index (χ1v) is 11.3. The van der Waals surface area contributed by atoms with Crippen molar-refractivity contribution in [3.05, 3.63) is 58.6 Å². The highest BCUT2D eigenvalue weighted by Crippen LogP contribution is 2.43. The van der Waals surface area contributed by atoms with Crippen molar-refractivity contribution in [3.63, 3.8) is 0 Å². The predicted molar refractivity (Wildman–Crippen MR) is 114 cm³/mol. The largest absolute Gasteiger partial charge is 0.491 e. The van der Waals surface area contributed by atoms with Crippen LogP contribution in [-0.2, 0) is 4.74 Å². The number of aliphatic hydroxyl groups excluding tert-OH is 1. The summed E-state index contributed by atoms with van der Waals surface area (Å²) in [5.41, 5.74) is 0.118. The van der Waals surface area contributed by atoms with Crippen LogP contribution in [0.3, 0.4) is 0 Å². The summed E-state index contributed by atoms with van der Waals surface area (Å²) in [6.45, 7) is 0.827. The molecule has 0 spiro atoms. The zero-order chi connectivity index (χ0) is 20.9. The number of thiazole rings is 1. The van der Waals surface area contributed by atoms with E-state index in [1.54, 1.807) is 5.38 Å². The van der Waals surface area contributed by atoms with Crippen LogP contribution in [0.2, 0.25) is 0 Å². The Kier molecular flexibility index (Phi) is 6.82. The van der Waals surface area contributed by atoms with E-state index in [1.807, 2.05) is 36.4 Å². The van der Waals surface area contributed by atoms with E-state index in [2.05, 4.69) is 11.1 Å². The lowest BCUT2D eigenvalue weighted by atomic mass is 9.88. The van der Waals surface area contributed by atoms with E-state index in [9.17, 15) is 9.90 Å². The van der Waals surface area contributed by atoms with Gasteiger partial charge in [0.2, 0.25) is 0 Å². The van der Waals surface area contributed by atoms with Crippen LogP contribution in [0.5, 0.6) is 5.75 Å². The number of rotatable bonds is 7. The van der Waals surface area contributed by atoms with Crippen LogP contribution in [0, 0.1) is 11.8 Å². The monoisotopic (exact) mass is 429 g/mol. The van der Waals surface area contributed by atoms with Gasteiger partial charge in [-0.05, 0) is 49.7 Å². The van der Waals surface area contributed by atoms with Gasteiger partial charge in [-0.2, -0.15) is 0 Å². The van der Waals surface area contributed by atoms with Gasteiger partial charge in [-0.1, -0.05) is 30.4 Å². The van der Waals surface area contributed by atoms with Gasteiger partial charge in [0.05, 0.1) is 17.7 Å². The fraction of sp³-hybridized carbons (Fsp3) is 0.478. The fourth-order valence-corrected chi connectivity index (χ4v) is 5.33. The highest BCUT2D eigenvalue weighted by atomic mass is 32.1. The molecular formula is C23H27NO5S. The maximum Gasteiger partial charge on any atom is 0.355 e. The second-order valence-electron chi connectivity index (χ2n) is 8.00. The molecule has 6 nitrogen and oxygen atoms in total. The molecule has 0 bridgehead atoms. The van der Waals surface area contributed by atoms with E-state index in [4.69, 9.17) is 14.6 Å². The maximum atomic E-state index is 11.1. The molecule has 2 N–H and O–H groups in total. The number of fused-ring (bicyclic) bond motifs is 1. The molecule has 2 aromatic rings. The second-order valence-corrected chi connectivity index (χ2v) is 8.89. The van der Waals surface area contributed by atoms with Crippen molar-refractivity contribution >= 4 is 17.3 Å². The van der Waals surface area contributed by atoms with Gasteiger partial charge >= 0.3 is 5.97 Å². The first-order valence-electron chi connectivity index (χ1n) is 10.4. The summed E-state index contributed by atoms with van der Waals surface area (Å²) in [6.07, 6.45) is 7.58. The van der Waals surface area contributed by atoms with Gasteiger partial charge in [-0.15, -0.1) is 11.3 Å². The summed E-state index contributed by atoms with van der Waals surface area (Å²) in [4.78, 5) is 15.4. The lowest BCUT2D eigenvalue weighted by molar-refractivity contribution is 0.0318. The van der Waals surface area contributed by atoms with Gasteiger partial charge in [0, 0.05) is 11.3 Å². The number of carboxylic acid groups (broad SMARTS) is 1. The average molecular weight is 430 g/mol. The van der Waals surface area contributed by atoms with Crippen molar-refractivity contribution in [2.45, 2.75) is 43.8 Å². The van der Waals surface area contributed by atoms with Crippen LogP contribution in [0.25, 0.3) is 0 Å². The Labute approximate surface area is 180 Å². The SMILES string of the molecule is O=C(O)c1csc([C@H]2CC[C@H]3[C@H](CC[C@@H]3/C=C/[C@@H](O)COc3ccccc3)OC2)n1. The number of carbonyl (C=O) groups is 1. The third kappa shape index (κ3) is 5.09. The number of carboxylic acids is 1. The minimum absolute atomic E-state index is 0.118. The molecular weight excluding hydrogens is 402 g/mol. The van der Waals surface area contributed by atoms with Crippen molar-refractivity contribution in [2.75, 3.05) is 13.2 Å². The Bertz CT molecular complexity index is 867. The normalized spacial score (nSPS) is 27.5. The molecule has 30 heavy (non-hydrogen) atoms. The van der Waals surface area contributed by atoms with Crippen molar-refractivity contribution in [1.82, 2.24) is 4.98 Å². The average Bonchev–Trinajstić information content (AvgIpc) is 3.34. The molecule has 1 saturated heterocycles. The molecule has 1 aromatic heterocycles. The topological polar surface area (TPSA) is 88.9 Å². The van der Waals surface area contributed by atoms with Crippen molar-refractivity contribution < 1.29 is 24.5 Å². The first kappa shape index (κ1) is 21.0. The van der Waals surface area contributed by atoms with Gasteiger partial charge in [0.15, 0.2) is 5.69 Å². The zero-order valence-corrected chi connectivity index (χ0v) is 17.5. The van der Waals surface area contributed by atoms with E-state index < -0.39 is 12.1 Å². The Morgan fingerprint density at radius 1 is 1.27 bits per heavy atom. The molecule has 1 aromatic carbocycles. The van der Waals surface area contributed by atoms with Gasteiger partial charge in [-0.25, -0.2) is 9.78 Å². The summed E-state index contributed by atoms with van der Waals surface area (Å²) in [5.74, 6) is 0.729. The molecule has 1 aliphatic heterocycles. The number of allylic oxidation sites excluding steroid dienone is 1. The van der Waals surface area contributed by atoms with Crippen molar-refractivity contribution in [3.8, 4) is 5.75 Å². The van der Waals surface area contributed by atoms with E-state index in [-0.39, 0.29) is 24.3 Å². The molecule has 1 saturated carbocycles. The molecule has 2 heterocycles. The van der Waals surface area contributed by atoms with Crippen LogP contribution in [-0.4, -0.2) is 46.6 Å². The summed E-state index contributed by atoms with van der Waals surface area (Å²) in [6, 6.07) is 9.49. The number of benzene rings is 1. The van der Waals surface area contributed by atoms with E-state index >= 15 is 0 Å². The Morgan fingerprint density at radius 2 is 2.10 bits per heavy atom. The smallest absolute Gasteiger partial charge is 0.355 e. The standard InChI is InChI=1S/C23H27NO5S/c25-17(13-28-18-4-2-1-3-5-18)9-6-15-8-11-21-19(15)10-7-16(12-29-21)22-24-20(14-30-22)23(26)27/h1-6,9,14-17,19,21,25H,7-8,10-13H2,(H,26,27)/b9-6+/t15-,16-,17+,19+,21-/m0/s1. The third-order valence-corrected chi connectivity index (χ3v) is 7.01. The molecule has 2 aliphatic rings. The minimum Gasteiger partial charge on any atom is -0.491 e. The molecule has 2 fully saturated rings. The molecule has 160 valence electrons. The Morgan fingerprint density at radius 3 is 2.87 bits per heavy atom. The molecule has 0 unspecified atom stereocenters. The number of nitrogens with zero attached hydrogens (tertiary/aromatic N) is 1. The van der Waals surface area contributed by atoms with Gasteiger partial charge in [0.25, 0.3) is 0 Å². The van der Waals surface area contributed by atoms with Gasteiger partial charge in [0.1, 0.15) is 18.5 Å². The summed E-state index contributed by atoms with van der Waals surface area (Å²) >= 11 is 1.41. The number of aromatic nitrogens is 1. The summed E-state index contributed by atoms with van der Waals surface area (Å²) in [5, 5.41) is 21.8. The lowest BCUT2D eigenvalue weighted by Crippen LogP contribution is -2.20. The quantitative estimate of drug-likeness (QED) is 0.644. The number of para-hydroxylation sites is 1. The number of ether oxygens (including phenoxy) is 2. The van der Waals surface area contributed by atoms with Crippen molar-refractivity contribution in [2.24, 2.45) is 11.8 Å². The van der Waals surface area contributed by atoms with Gasteiger partial charge in [-0.3, -0.25) is 0 Å². The van der Waals surface area contributed by atoms with E-state index in [0.29, 0.717) is 18.4 Å². The van der Waals surface area contributed by atoms with E-state index in [1.165, 1.54) is 11.3 Å². The highest BCUT2D eigenvalue weighted by molar-refractivity contribution is 7.09. The fourth-order valence-electron chi connectivity index (χ4n) is 4.42. The number of aromatic carboxylic acids is 1. The van der Waals surface area contributed by atoms with E-state index in [0.717, 1.165) is 36.4 Å². The van der Waals surface area contributed by atoms with Crippen molar-refractivity contribution in [1.29, 1.82) is 0 Å². The minimum atomic E-state index is -0.982. The third-order valence-electron chi connectivity index (χ3n) is 6.01. The summed E-state index contributed by atoms with van der Waals surface area (Å²) in [7, 11) is 0. The maximum absolute atomic E-state index is 11.1. The Hall–Kier alpha value is -2.22. The number of hydrogen-bond donors (Lipinski definition) is 2. The predicted octanol–water partition coefficient (Wildman–Crippen LogP) is 4.13. The molecule has 5 atom stereocenters. The Balaban J connectivity index is 1.31. The number of aliphatic hydroxyl groups is 1. The molecule has 1 aliphatic carbocycles.